The third-order valence-corrected chi connectivity index (χ3v) is 5.26. The molecule has 5 aromatic heterocycles. The Morgan fingerprint density at radius 2 is 1.88 bits per heavy atom. The Kier molecular flexibility index (Phi) is 5.35. The number of anilines is 2. The smallest absolute Gasteiger partial charge is 0.166 e. The summed E-state index contributed by atoms with van der Waals surface area (Å²) in [6, 6.07) is 11.7. The van der Waals surface area contributed by atoms with Gasteiger partial charge in [0.2, 0.25) is 0 Å². The summed E-state index contributed by atoms with van der Waals surface area (Å²) in [5, 5.41) is 3.41. The monoisotopic (exact) mass is 437 g/mol. The summed E-state index contributed by atoms with van der Waals surface area (Å²) in [6.45, 7) is 4.73. The molecule has 5 rings (SSSR count). The van der Waals surface area contributed by atoms with Crippen molar-refractivity contribution in [2.45, 2.75) is 26.4 Å². The van der Waals surface area contributed by atoms with Crippen LogP contribution in [0.25, 0.3) is 33.8 Å². The van der Waals surface area contributed by atoms with Gasteiger partial charge < -0.3 is 15.6 Å². The lowest BCUT2D eigenvalue weighted by atomic mass is 10.1. The van der Waals surface area contributed by atoms with E-state index >= 15 is 0 Å². The largest absolute Gasteiger partial charge is 0.384 e. The molecule has 0 fully saturated rings. The molecule has 0 unspecified atom stereocenters. The average Bonchev–Trinajstić information content (AvgIpc) is 3.28. The number of hydrogen-bond acceptors (Lipinski definition) is 8. The maximum Gasteiger partial charge on any atom is 0.166 e. The van der Waals surface area contributed by atoms with Crippen molar-refractivity contribution >= 4 is 22.8 Å². The van der Waals surface area contributed by atoms with E-state index in [-0.39, 0.29) is 6.04 Å². The molecular weight excluding hydrogens is 414 g/mol. The average molecular weight is 438 g/mol. The third-order valence-electron chi connectivity index (χ3n) is 5.26. The Hall–Kier alpha value is -4.40. The van der Waals surface area contributed by atoms with Crippen LogP contribution >= 0.6 is 0 Å². The minimum absolute atomic E-state index is 0.206. The number of pyridine rings is 3. The van der Waals surface area contributed by atoms with E-state index in [4.69, 9.17) is 15.7 Å². The summed E-state index contributed by atoms with van der Waals surface area (Å²) in [4.78, 5) is 26.9. The Labute approximate surface area is 190 Å². The number of nitrogens with two attached hydrogens (primary N) is 1. The Morgan fingerprint density at radius 3 is 2.61 bits per heavy atom. The highest BCUT2D eigenvalue weighted by Gasteiger charge is 2.16. The van der Waals surface area contributed by atoms with Gasteiger partial charge in [0.25, 0.3) is 0 Å². The van der Waals surface area contributed by atoms with E-state index in [2.05, 4.69) is 39.1 Å². The van der Waals surface area contributed by atoms with Crippen molar-refractivity contribution in [2.24, 2.45) is 0 Å². The van der Waals surface area contributed by atoms with Gasteiger partial charge in [-0.05, 0) is 49.7 Å². The Bertz CT molecular complexity index is 1390. The van der Waals surface area contributed by atoms with Crippen LogP contribution in [0.2, 0.25) is 0 Å². The lowest BCUT2D eigenvalue weighted by Crippen LogP contribution is -2.07. The minimum atomic E-state index is 0.206. The molecule has 0 atom stereocenters. The zero-order chi connectivity index (χ0) is 22.8. The molecule has 0 saturated carbocycles. The second kappa shape index (κ2) is 8.62. The van der Waals surface area contributed by atoms with Crippen LogP contribution < -0.4 is 11.1 Å². The van der Waals surface area contributed by atoms with Gasteiger partial charge in [-0.15, -0.1) is 0 Å². The van der Waals surface area contributed by atoms with Crippen molar-refractivity contribution in [3.05, 3.63) is 73.1 Å². The van der Waals surface area contributed by atoms with Gasteiger partial charge in [0.15, 0.2) is 17.3 Å². The fourth-order valence-corrected chi connectivity index (χ4v) is 3.53. The van der Waals surface area contributed by atoms with E-state index in [1.807, 2.05) is 41.1 Å². The molecule has 164 valence electrons. The molecule has 0 aliphatic carbocycles. The van der Waals surface area contributed by atoms with Crippen LogP contribution in [0, 0.1) is 0 Å². The van der Waals surface area contributed by atoms with Crippen molar-refractivity contribution in [1.29, 1.82) is 0 Å². The number of rotatable bonds is 6. The highest BCUT2D eigenvalue weighted by molar-refractivity contribution is 5.85. The summed E-state index contributed by atoms with van der Waals surface area (Å²) < 4.78 is 2.03. The van der Waals surface area contributed by atoms with Crippen LogP contribution in [0.1, 0.15) is 25.5 Å². The van der Waals surface area contributed by atoms with Crippen LogP contribution in [0.15, 0.2) is 67.5 Å². The molecular formula is C24H23N9. The van der Waals surface area contributed by atoms with Gasteiger partial charge in [-0.3, -0.25) is 9.97 Å². The molecule has 0 saturated heterocycles. The van der Waals surface area contributed by atoms with E-state index in [1.54, 1.807) is 31.0 Å². The summed E-state index contributed by atoms with van der Waals surface area (Å²) in [5.41, 5.74) is 11.0. The van der Waals surface area contributed by atoms with E-state index in [9.17, 15) is 0 Å². The highest BCUT2D eigenvalue weighted by Crippen LogP contribution is 2.27. The van der Waals surface area contributed by atoms with E-state index in [0.29, 0.717) is 24.0 Å². The first-order valence-electron chi connectivity index (χ1n) is 10.6. The Balaban J connectivity index is 1.47. The molecule has 5 heterocycles. The molecule has 5 aromatic rings. The maximum absolute atomic E-state index is 5.88. The molecule has 9 nitrogen and oxygen atoms in total. The topological polar surface area (TPSA) is 120 Å². The van der Waals surface area contributed by atoms with Gasteiger partial charge in [0.1, 0.15) is 11.3 Å². The zero-order valence-corrected chi connectivity index (χ0v) is 18.3. The maximum atomic E-state index is 5.88. The molecule has 0 spiro atoms. The van der Waals surface area contributed by atoms with E-state index in [0.717, 1.165) is 33.5 Å². The van der Waals surface area contributed by atoms with Crippen LogP contribution in [0.3, 0.4) is 0 Å². The van der Waals surface area contributed by atoms with E-state index in [1.165, 1.54) is 0 Å². The SMILES string of the molecule is CC(C)n1cnc2c(NCc3ccc(-c4cccnc4)nc3)nc(-c3ccnc(N)c3)nc21. The number of hydrogen-bond donors (Lipinski definition) is 2. The predicted octanol–water partition coefficient (Wildman–Crippen LogP) is 4.12. The van der Waals surface area contributed by atoms with Crippen LogP contribution in [-0.2, 0) is 6.54 Å². The van der Waals surface area contributed by atoms with Gasteiger partial charge >= 0.3 is 0 Å². The first kappa shape index (κ1) is 20.5. The first-order valence-corrected chi connectivity index (χ1v) is 10.6. The minimum Gasteiger partial charge on any atom is -0.384 e. The van der Waals surface area contributed by atoms with Crippen molar-refractivity contribution in [3.63, 3.8) is 0 Å². The normalized spacial score (nSPS) is 11.2. The number of aromatic nitrogens is 7. The lowest BCUT2D eigenvalue weighted by molar-refractivity contribution is 0.613. The fraction of sp³-hybridized carbons (Fsp3) is 0.167. The van der Waals surface area contributed by atoms with Crippen molar-refractivity contribution in [1.82, 2.24) is 34.5 Å². The van der Waals surface area contributed by atoms with E-state index < -0.39 is 0 Å². The standard InChI is InChI=1S/C24H23N9/c1-15(2)33-14-30-21-23(31-22(32-24(21)33)17-7-9-27-20(25)10-17)29-12-16-5-6-19(28-11-16)18-4-3-8-26-13-18/h3-11,13-15H,12H2,1-2H3,(H2,25,27)(H,29,31,32). The number of nitrogens with zero attached hydrogens (tertiary/aromatic N) is 7. The number of imidazole rings is 1. The molecule has 33 heavy (non-hydrogen) atoms. The molecule has 0 radical (unpaired) electrons. The highest BCUT2D eigenvalue weighted by atomic mass is 15.2. The van der Waals surface area contributed by atoms with Gasteiger partial charge in [0, 0.05) is 48.5 Å². The van der Waals surface area contributed by atoms with Gasteiger partial charge in [-0.2, -0.15) is 0 Å². The summed E-state index contributed by atoms with van der Waals surface area (Å²) >= 11 is 0. The van der Waals surface area contributed by atoms with Crippen LogP contribution in [0.4, 0.5) is 11.6 Å². The first-order chi connectivity index (χ1) is 16.1. The zero-order valence-electron chi connectivity index (χ0n) is 18.3. The molecule has 0 amide bonds. The quantitative estimate of drug-likeness (QED) is 0.407. The summed E-state index contributed by atoms with van der Waals surface area (Å²) in [5.74, 6) is 1.63. The van der Waals surface area contributed by atoms with Crippen molar-refractivity contribution in [2.75, 3.05) is 11.1 Å². The molecule has 9 heteroatoms. The number of fused-ring (bicyclic) bond motifs is 1. The van der Waals surface area contributed by atoms with Crippen molar-refractivity contribution in [3.8, 4) is 22.6 Å². The lowest BCUT2D eigenvalue weighted by Gasteiger charge is -2.11. The molecule has 0 aliphatic heterocycles. The van der Waals surface area contributed by atoms with Crippen LogP contribution in [0.5, 0.6) is 0 Å². The second-order valence-electron chi connectivity index (χ2n) is 7.93. The van der Waals surface area contributed by atoms with Gasteiger partial charge in [-0.1, -0.05) is 6.07 Å². The van der Waals surface area contributed by atoms with Crippen molar-refractivity contribution < 1.29 is 0 Å². The molecule has 0 aromatic carbocycles. The fourth-order valence-electron chi connectivity index (χ4n) is 3.53. The van der Waals surface area contributed by atoms with Crippen LogP contribution in [-0.4, -0.2) is 34.5 Å². The van der Waals surface area contributed by atoms with Gasteiger partial charge in [-0.25, -0.2) is 19.9 Å². The Morgan fingerprint density at radius 1 is 0.970 bits per heavy atom. The molecule has 0 aliphatic rings. The molecule has 0 bridgehead atoms. The number of nitrogen functional groups attached to an aromatic ring is 1. The predicted molar refractivity (Wildman–Crippen MR) is 128 cm³/mol. The number of nitrogens with one attached hydrogen (secondary N) is 1. The second-order valence-corrected chi connectivity index (χ2v) is 7.93. The summed E-state index contributed by atoms with van der Waals surface area (Å²) in [7, 11) is 0. The molecule has 3 N–H and O–H groups in total. The van der Waals surface area contributed by atoms with Gasteiger partial charge in [0.05, 0.1) is 12.0 Å². The summed E-state index contributed by atoms with van der Waals surface area (Å²) in [6.07, 6.45) is 8.85. The third kappa shape index (κ3) is 4.20.